The highest BCUT2D eigenvalue weighted by Gasteiger charge is 2.33. The van der Waals surface area contributed by atoms with Crippen molar-refractivity contribution in [1.82, 2.24) is 14.7 Å². The number of rotatable bonds is 7. The molecule has 0 bridgehead atoms. The topological polar surface area (TPSA) is 41.4 Å². The lowest BCUT2D eigenvalue weighted by Crippen LogP contribution is -2.45. The second-order valence-corrected chi connectivity index (χ2v) is 9.92. The fourth-order valence-corrected chi connectivity index (χ4v) is 5.56. The number of carbonyl (C=O) groups is 1. The Hall–Kier alpha value is -3.22. The van der Waals surface area contributed by atoms with Gasteiger partial charge in [-0.25, -0.2) is 4.68 Å². The molecule has 0 radical (unpaired) electrons. The fraction of sp³-hybridized carbons (Fsp3) is 0.286. The van der Waals surface area contributed by atoms with Crippen LogP contribution in [-0.2, 0) is 6.54 Å². The van der Waals surface area contributed by atoms with Gasteiger partial charge in [-0.05, 0) is 61.9 Å². The molecule has 2 aromatic heterocycles. The molecule has 5 nitrogen and oxygen atoms in total. The molecule has 0 spiro atoms. The van der Waals surface area contributed by atoms with Crippen molar-refractivity contribution in [3.8, 4) is 5.69 Å². The van der Waals surface area contributed by atoms with E-state index in [9.17, 15) is 4.79 Å². The number of aromatic nitrogens is 2. The van der Waals surface area contributed by atoms with Crippen LogP contribution in [0.2, 0.25) is 0 Å². The quantitative estimate of drug-likeness (QED) is 0.331. The summed E-state index contributed by atoms with van der Waals surface area (Å²) in [5, 5.41) is 6.77. The molecule has 2 heterocycles. The van der Waals surface area contributed by atoms with Crippen LogP contribution in [0.15, 0.2) is 90.4 Å². The maximum absolute atomic E-state index is 13.6. The zero-order chi connectivity index (χ0) is 23.3. The Morgan fingerprint density at radius 3 is 2.26 bits per heavy atom. The lowest BCUT2D eigenvalue weighted by Gasteiger charge is -2.38. The summed E-state index contributed by atoms with van der Waals surface area (Å²) in [6.45, 7) is 0.954. The number of benzene rings is 2. The molecule has 4 aromatic rings. The summed E-state index contributed by atoms with van der Waals surface area (Å²) in [4.78, 5) is 18.7. The monoisotopic (exact) mass is 470 g/mol. The van der Waals surface area contributed by atoms with Crippen LogP contribution in [0.5, 0.6) is 0 Å². The van der Waals surface area contributed by atoms with Gasteiger partial charge in [0.1, 0.15) is 0 Å². The molecule has 1 amide bonds. The highest BCUT2D eigenvalue weighted by atomic mass is 32.1. The summed E-state index contributed by atoms with van der Waals surface area (Å²) in [6, 6.07) is 27.2. The molecule has 5 rings (SSSR count). The van der Waals surface area contributed by atoms with Crippen LogP contribution in [0, 0.1) is 0 Å². The maximum Gasteiger partial charge on any atom is 0.269 e. The number of anilines is 1. The molecule has 0 N–H and O–H groups in total. The summed E-state index contributed by atoms with van der Waals surface area (Å²) in [7, 11) is 2.22. The van der Waals surface area contributed by atoms with Crippen LogP contribution in [0.4, 0.5) is 5.82 Å². The number of hydrogen-bond acceptors (Lipinski definition) is 4. The van der Waals surface area contributed by atoms with Crippen LogP contribution in [-0.4, -0.2) is 39.7 Å². The van der Waals surface area contributed by atoms with E-state index in [0.29, 0.717) is 6.04 Å². The molecular weight excluding hydrogens is 440 g/mol. The molecule has 1 aliphatic carbocycles. The summed E-state index contributed by atoms with van der Waals surface area (Å²) in [5.41, 5.74) is 2.33. The molecular formula is C28H30N4OS. The van der Waals surface area contributed by atoms with Crippen molar-refractivity contribution >= 4 is 23.1 Å². The Balaban J connectivity index is 1.33. The van der Waals surface area contributed by atoms with Crippen molar-refractivity contribution in [2.24, 2.45) is 0 Å². The SMILES string of the molecule is CN(Cc1ccccc1)C1CCC(N(C(=O)c2cccs2)c2ccn(-c3ccccc3)n2)CC1. The minimum atomic E-state index is 0.0504. The van der Waals surface area contributed by atoms with E-state index < -0.39 is 0 Å². The largest absolute Gasteiger partial charge is 0.299 e. The van der Waals surface area contributed by atoms with E-state index in [1.165, 1.54) is 16.9 Å². The molecule has 0 atom stereocenters. The maximum atomic E-state index is 13.6. The third kappa shape index (κ3) is 4.98. The highest BCUT2D eigenvalue weighted by Crippen LogP contribution is 2.31. The number of para-hydroxylation sites is 1. The molecule has 6 heteroatoms. The Labute approximate surface area is 205 Å². The predicted octanol–water partition coefficient (Wildman–Crippen LogP) is 6.02. The number of carbonyl (C=O) groups excluding carboxylic acids is 1. The van der Waals surface area contributed by atoms with Crippen LogP contribution in [0.1, 0.15) is 40.9 Å². The van der Waals surface area contributed by atoms with E-state index in [-0.39, 0.29) is 11.9 Å². The van der Waals surface area contributed by atoms with E-state index in [4.69, 9.17) is 5.10 Å². The summed E-state index contributed by atoms with van der Waals surface area (Å²) >= 11 is 1.49. The van der Waals surface area contributed by atoms with Gasteiger partial charge in [-0.3, -0.25) is 14.6 Å². The molecule has 0 unspecified atom stereocenters. The molecule has 0 aliphatic heterocycles. The number of nitrogens with zero attached hydrogens (tertiary/aromatic N) is 4. The van der Waals surface area contributed by atoms with Crippen molar-refractivity contribution in [2.75, 3.05) is 11.9 Å². The van der Waals surface area contributed by atoms with Crippen LogP contribution in [0.3, 0.4) is 0 Å². The molecule has 174 valence electrons. The molecule has 2 aromatic carbocycles. The summed E-state index contributed by atoms with van der Waals surface area (Å²) < 4.78 is 1.85. The third-order valence-corrected chi connectivity index (χ3v) is 7.58. The van der Waals surface area contributed by atoms with Crippen LogP contribution < -0.4 is 4.90 Å². The molecule has 34 heavy (non-hydrogen) atoms. The van der Waals surface area contributed by atoms with E-state index in [2.05, 4.69) is 42.3 Å². The minimum Gasteiger partial charge on any atom is -0.299 e. The lowest BCUT2D eigenvalue weighted by molar-refractivity contribution is 0.0961. The Morgan fingerprint density at radius 1 is 0.912 bits per heavy atom. The van der Waals surface area contributed by atoms with Crippen LogP contribution >= 0.6 is 11.3 Å². The zero-order valence-electron chi connectivity index (χ0n) is 19.5. The van der Waals surface area contributed by atoms with Crippen molar-refractivity contribution in [3.63, 3.8) is 0 Å². The molecule has 1 saturated carbocycles. The lowest BCUT2D eigenvalue weighted by atomic mass is 9.89. The van der Waals surface area contributed by atoms with Gasteiger partial charge in [-0.1, -0.05) is 54.6 Å². The van der Waals surface area contributed by atoms with Crippen molar-refractivity contribution in [3.05, 3.63) is 101 Å². The van der Waals surface area contributed by atoms with Gasteiger partial charge in [0, 0.05) is 30.9 Å². The van der Waals surface area contributed by atoms with Gasteiger partial charge in [0.2, 0.25) is 0 Å². The molecule has 1 fully saturated rings. The normalized spacial score (nSPS) is 18.2. The van der Waals surface area contributed by atoms with Crippen molar-refractivity contribution in [2.45, 2.75) is 44.3 Å². The first kappa shape index (κ1) is 22.6. The van der Waals surface area contributed by atoms with Gasteiger partial charge in [-0.2, -0.15) is 0 Å². The number of thiophene rings is 1. The first-order valence-corrected chi connectivity index (χ1v) is 12.8. The first-order valence-electron chi connectivity index (χ1n) is 11.9. The molecule has 0 saturated heterocycles. The van der Waals surface area contributed by atoms with E-state index >= 15 is 0 Å². The van der Waals surface area contributed by atoms with E-state index in [0.717, 1.165) is 48.6 Å². The minimum absolute atomic E-state index is 0.0504. The number of hydrogen-bond donors (Lipinski definition) is 0. The van der Waals surface area contributed by atoms with Gasteiger partial charge in [0.05, 0.1) is 10.6 Å². The first-order chi connectivity index (χ1) is 16.7. The average molecular weight is 471 g/mol. The van der Waals surface area contributed by atoms with Gasteiger partial charge >= 0.3 is 0 Å². The van der Waals surface area contributed by atoms with E-state index in [1.807, 2.05) is 69.7 Å². The van der Waals surface area contributed by atoms with Crippen molar-refractivity contribution < 1.29 is 4.79 Å². The Kier molecular flexibility index (Phi) is 6.88. The van der Waals surface area contributed by atoms with Gasteiger partial charge in [0.25, 0.3) is 5.91 Å². The second kappa shape index (κ2) is 10.4. The average Bonchev–Trinajstić information content (AvgIpc) is 3.59. The van der Waals surface area contributed by atoms with Gasteiger partial charge in [-0.15, -0.1) is 16.4 Å². The van der Waals surface area contributed by atoms with Crippen molar-refractivity contribution in [1.29, 1.82) is 0 Å². The number of amides is 1. The Morgan fingerprint density at radius 2 is 1.59 bits per heavy atom. The summed E-state index contributed by atoms with van der Waals surface area (Å²) in [6.07, 6.45) is 6.03. The second-order valence-electron chi connectivity index (χ2n) is 8.97. The van der Waals surface area contributed by atoms with E-state index in [1.54, 1.807) is 0 Å². The smallest absolute Gasteiger partial charge is 0.269 e. The summed E-state index contributed by atoms with van der Waals surface area (Å²) in [5.74, 6) is 0.776. The fourth-order valence-electron chi connectivity index (χ4n) is 4.90. The predicted molar refractivity (Wildman–Crippen MR) is 139 cm³/mol. The highest BCUT2D eigenvalue weighted by molar-refractivity contribution is 7.12. The third-order valence-electron chi connectivity index (χ3n) is 6.72. The van der Waals surface area contributed by atoms with Gasteiger partial charge in [0.15, 0.2) is 5.82 Å². The standard InChI is InChI=1S/C28H30N4OS/c1-30(21-22-9-4-2-5-10-22)23-14-16-25(17-15-23)32(28(33)26-13-8-20-34-26)27-18-19-31(29-27)24-11-6-3-7-12-24/h2-13,18-20,23,25H,14-17,21H2,1H3. The Bertz CT molecular complexity index is 1180. The molecule has 1 aliphatic rings. The van der Waals surface area contributed by atoms with Crippen LogP contribution in [0.25, 0.3) is 5.69 Å². The van der Waals surface area contributed by atoms with Gasteiger partial charge < -0.3 is 0 Å². The zero-order valence-corrected chi connectivity index (χ0v) is 20.3.